The van der Waals surface area contributed by atoms with Crippen molar-refractivity contribution in [1.82, 2.24) is 10.2 Å². The van der Waals surface area contributed by atoms with Crippen LogP contribution in [0.4, 0.5) is 0 Å². The van der Waals surface area contributed by atoms with Gasteiger partial charge in [-0.3, -0.25) is 4.90 Å². The minimum absolute atomic E-state index is 0.342. The van der Waals surface area contributed by atoms with E-state index in [1.165, 1.54) is 25.9 Å². The van der Waals surface area contributed by atoms with Gasteiger partial charge in [0.2, 0.25) is 0 Å². The van der Waals surface area contributed by atoms with Crippen molar-refractivity contribution < 1.29 is 0 Å². The SMILES string of the molecule is CCNC(CN1CCCC1(C)C)C(C)(C)C. The predicted molar refractivity (Wildman–Crippen MR) is 71.8 cm³/mol. The highest BCUT2D eigenvalue weighted by Crippen LogP contribution is 2.30. The summed E-state index contributed by atoms with van der Waals surface area (Å²) >= 11 is 0. The fraction of sp³-hybridized carbons (Fsp3) is 1.00. The molecule has 1 rings (SSSR count). The third-order valence-corrected chi connectivity index (χ3v) is 3.97. The van der Waals surface area contributed by atoms with Crippen LogP contribution in [0.5, 0.6) is 0 Å². The molecule has 1 unspecified atom stereocenters. The van der Waals surface area contributed by atoms with Crippen LogP contribution in [0.1, 0.15) is 54.4 Å². The average molecular weight is 226 g/mol. The Balaban J connectivity index is 2.61. The molecule has 2 nitrogen and oxygen atoms in total. The van der Waals surface area contributed by atoms with E-state index in [-0.39, 0.29) is 0 Å². The van der Waals surface area contributed by atoms with E-state index in [0.29, 0.717) is 17.0 Å². The van der Waals surface area contributed by atoms with Crippen LogP contribution >= 0.6 is 0 Å². The number of nitrogens with one attached hydrogen (secondary N) is 1. The molecule has 0 bridgehead atoms. The second kappa shape index (κ2) is 5.05. The van der Waals surface area contributed by atoms with Crippen molar-refractivity contribution in [2.45, 2.75) is 66.0 Å². The molecule has 1 N–H and O–H groups in total. The van der Waals surface area contributed by atoms with Gasteiger partial charge in [0, 0.05) is 18.1 Å². The van der Waals surface area contributed by atoms with Gasteiger partial charge in [0.25, 0.3) is 0 Å². The standard InChI is InChI=1S/C14H30N2/c1-7-15-12(13(2,3)4)11-16-10-8-9-14(16,5)6/h12,15H,7-11H2,1-6H3. The molecule has 0 amide bonds. The van der Waals surface area contributed by atoms with Gasteiger partial charge in [0.15, 0.2) is 0 Å². The lowest BCUT2D eigenvalue weighted by molar-refractivity contribution is 0.121. The fourth-order valence-electron chi connectivity index (χ4n) is 2.61. The van der Waals surface area contributed by atoms with Crippen molar-refractivity contribution in [2.75, 3.05) is 19.6 Å². The molecule has 0 saturated carbocycles. The Kier molecular flexibility index (Phi) is 4.42. The second-order valence-electron chi connectivity index (χ2n) is 6.84. The van der Waals surface area contributed by atoms with E-state index in [1.54, 1.807) is 0 Å². The number of likely N-dealkylation sites (N-methyl/N-ethyl adjacent to an activating group) is 1. The van der Waals surface area contributed by atoms with Gasteiger partial charge in [-0.05, 0) is 45.2 Å². The topological polar surface area (TPSA) is 15.3 Å². The highest BCUT2D eigenvalue weighted by Gasteiger charge is 2.35. The van der Waals surface area contributed by atoms with Crippen LogP contribution in [-0.2, 0) is 0 Å². The zero-order valence-corrected chi connectivity index (χ0v) is 12.1. The molecule has 0 spiro atoms. The van der Waals surface area contributed by atoms with Crippen LogP contribution < -0.4 is 5.32 Å². The van der Waals surface area contributed by atoms with E-state index in [0.717, 1.165) is 6.54 Å². The zero-order valence-electron chi connectivity index (χ0n) is 12.1. The first-order valence-corrected chi connectivity index (χ1v) is 6.76. The van der Waals surface area contributed by atoms with Gasteiger partial charge in [0.1, 0.15) is 0 Å². The van der Waals surface area contributed by atoms with E-state index >= 15 is 0 Å². The summed E-state index contributed by atoms with van der Waals surface area (Å²) in [5, 5.41) is 3.65. The first kappa shape index (κ1) is 14.0. The first-order valence-electron chi connectivity index (χ1n) is 6.76. The highest BCUT2D eigenvalue weighted by molar-refractivity contribution is 4.92. The summed E-state index contributed by atoms with van der Waals surface area (Å²) in [6.45, 7) is 17.5. The van der Waals surface area contributed by atoms with Gasteiger partial charge in [-0.2, -0.15) is 0 Å². The summed E-state index contributed by atoms with van der Waals surface area (Å²) in [4.78, 5) is 2.66. The summed E-state index contributed by atoms with van der Waals surface area (Å²) in [5.74, 6) is 0. The van der Waals surface area contributed by atoms with Gasteiger partial charge >= 0.3 is 0 Å². The summed E-state index contributed by atoms with van der Waals surface area (Å²) in [6.07, 6.45) is 2.70. The number of hydrogen-bond acceptors (Lipinski definition) is 2. The average Bonchev–Trinajstić information content (AvgIpc) is 2.43. The molecule has 1 heterocycles. The van der Waals surface area contributed by atoms with Crippen molar-refractivity contribution in [3.05, 3.63) is 0 Å². The van der Waals surface area contributed by atoms with Gasteiger partial charge < -0.3 is 5.32 Å². The Labute approximate surface area is 102 Å². The number of hydrogen-bond donors (Lipinski definition) is 1. The molecule has 1 aliphatic heterocycles. The third kappa shape index (κ3) is 3.46. The minimum Gasteiger partial charge on any atom is -0.312 e. The van der Waals surface area contributed by atoms with Crippen LogP contribution in [0.2, 0.25) is 0 Å². The van der Waals surface area contributed by atoms with Gasteiger partial charge in [-0.25, -0.2) is 0 Å². The van der Waals surface area contributed by atoms with Crippen molar-refractivity contribution in [1.29, 1.82) is 0 Å². The van der Waals surface area contributed by atoms with Crippen molar-refractivity contribution >= 4 is 0 Å². The Bertz CT molecular complexity index is 215. The van der Waals surface area contributed by atoms with Crippen molar-refractivity contribution in [2.24, 2.45) is 5.41 Å². The molecule has 0 aliphatic carbocycles. The normalized spacial score (nSPS) is 23.6. The highest BCUT2D eigenvalue weighted by atomic mass is 15.2. The summed E-state index contributed by atoms with van der Waals surface area (Å²) < 4.78 is 0. The molecule has 1 fully saturated rings. The van der Waals surface area contributed by atoms with E-state index in [9.17, 15) is 0 Å². The summed E-state index contributed by atoms with van der Waals surface area (Å²) in [5.41, 5.74) is 0.744. The molecule has 1 aliphatic rings. The molecule has 1 atom stereocenters. The summed E-state index contributed by atoms with van der Waals surface area (Å²) in [6, 6.07) is 0.592. The molecule has 96 valence electrons. The van der Waals surface area contributed by atoms with E-state index in [1.807, 2.05) is 0 Å². The summed E-state index contributed by atoms with van der Waals surface area (Å²) in [7, 11) is 0. The Morgan fingerprint density at radius 1 is 1.31 bits per heavy atom. The van der Waals surface area contributed by atoms with Crippen LogP contribution in [0, 0.1) is 5.41 Å². The van der Waals surface area contributed by atoms with Crippen molar-refractivity contribution in [3.8, 4) is 0 Å². The molecule has 0 aromatic heterocycles. The quantitative estimate of drug-likeness (QED) is 0.793. The van der Waals surface area contributed by atoms with Gasteiger partial charge in [0.05, 0.1) is 0 Å². The number of likely N-dealkylation sites (tertiary alicyclic amines) is 1. The van der Waals surface area contributed by atoms with E-state index < -0.39 is 0 Å². The molecular weight excluding hydrogens is 196 g/mol. The Morgan fingerprint density at radius 3 is 2.31 bits per heavy atom. The van der Waals surface area contributed by atoms with Crippen molar-refractivity contribution in [3.63, 3.8) is 0 Å². The Hall–Kier alpha value is -0.0800. The largest absolute Gasteiger partial charge is 0.312 e. The second-order valence-corrected chi connectivity index (χ2v) is 6.84. The zero-order chi connectivity index (χ0) is 12.4. The minimum atomic E-state index is 0.342. The molecular formula is C14H30N2. The molecule has 0 aromatic rings. The van der Waals surface area contributed by atoms with Crippen LogP contribution in [0.25, 0.3) is 0 Å². The first-order chi connectivity index (χ1) is 7.27. The van der Waals surface area contributed by atoms with E-state index in [2.05, 4.69) is 51.8 Å². The molecule has 2 heteroatoms. The fourth-order valence-corrected chi connectivity index (χ4v) is 2.61. The van der Waals surface area contributed by atoms with Crippen LogP contribution in [0.3, 0.4) is 0 Å². The smallest absolute Gasteiger partial charge is 0.0243 e. The molecule has 0 radical (unpaired) electrons. The lowest BCUT2D eigenvalue weighted by Crippen LogP contribution is -2.52. The van der Waals surface area contributed by atoms with Crippen LogP contribution in [0.15, 0.2) is 0 Å². The van der Waals surface area contributed by atoms with Gasteiger partial charge in [-0.15, -0.1) is 0 Å². The predicted octanol–water partition coefficient (Wildman–Crippen LogP) is 2.89. The van der Waals surface area contributed by atoms with E-state index in [4.69, 9.17) is 0 Å². The number of rotatable bonds is 4. The maximum atomic E-state index is 3.65. The maximum absolute atomic E-state index is 3.65. The van der Waals surface area contributed by atoms with Crippen LogP contribution in [-0.4, -0.2) is 36.1 Å². The number of nitrogens with zero attached hydrogens (tertiary/aromatic N) is 1. The monoisotopic (exact) mass is 226 g/mol. The molecule has 16 heavy (non-hydrogen) atoms. The lowest BCUT2D eigenvalue weighted by atomic mass is 9.85. The molecule has 1 saturated heterocycles. The third-order valence-electron chi connectivity index (χ3n) is 3.97. The molecule has 0 aromatic carbocycles. The lowest BCUT2D eigenvalue weighted by Gasteiger charge is -2.39. The Morgan fingerprint density at radius 2 is 1.94 bits per heavy atom. The van der Waals surface area contributed by atoms with Gasteiger partial charge in [-0.1, -0.05) is 27.7 Å². The maximum Gasteiger partial charge on any atom is 0.0243 e.